The molecule has 1 aromatic heterocycles. The van der Waals surface area contributed by atoms with Gasteiger partial charge in [0.05, 0.1) is 16.7 Å². The molecular weight excluding hydrogens is 713 g/mol. The second kappa shape index (κ2) is 12.8. The Bertz CT molecular complexity index is 3480. The molecule has 0 bridgehead atoms. The van der Waals surface area contributed by atoms with Crippen LogP contribution in [-0.2, 0) is 5.41 Å². The molecule has 11 aromatic rings. The molecule has 0 N–H and O–H groups in total. The van der Waals surface area contributed by atoms with Crippen LogP contribution in [-0.4, -0.2) is 4.57 Å². The molecule has 0 saturated heterocycles. The Balaban J connectivity index is 1.17. The molecule has 1 heterocycles. The highest BCUT2D eigenvalue weighted by molar-refractivity contribution is 6.12. The van der Waals surface area contributed by atoms with Gasteiger partial charge in [-0.25, -0.2) is 0 Å². The number of fused-ring (bicyclic) bond motifs is 9. The van der Waals surface area contributed by atoms with Crippen molar-refractivity contribution in [1.82, 2.24) is 4.57 Å². The second-order valence-electron chi connectivity index (χ2n) is 16.6. The highest BCUT2D eigenvalue weighted by Crippen LogP contribution is 2.53. The SMILES string of the molecule is CC1(C)c2ccc(N(c3ccc4c5ccccc5n(-c5ccccc5)c4c3)c3ccc4ccccc4c3-c3ccc4ccccc4c3)cc2-c2cc3ccccc3cc21. The minimum atomic E-state index is -0.132. The van der Waals surface area contributed by atoms with Crippen molar-refractivity contribution in [3.05, 3.63) is 217 Å². The van der Waals surface area contributed by atoms with Crippen LogP contribution in [0.1, 0.15) is 25.0 Å². The highest BCUT2D eigenvalue weighted by Gasteiger charge is 2.36. The zero-order valence-corrected chi connectivity index (χ0v) is 33.0. The molecule has 0 aliphatic heterocycles. The van der Waals surface area contributed by atoms with Crippen molar-refractivity contribution in [3.8, 4) is 27.9 Å². The summed E-state index contributed by atoms with van der Waals surface area (Å²) < 4.78 is 2.42. The average molecular weight is 753 g/mol. The van der Waals surface area contributed by atoms with Gasteiger partial charge in [-0.1, -0.05) is 153 Å². The Labute approximate surface area is 343 Å². The number of benzene rings is 10. The molecule has 0 spiro atoms. The lowest BCUT2D eigenvalue weighted by Crippen LogP contribution is -2.15. The van der Waals surface area contributed by atoms with Crippen LogP contribution in [0.3, 0.4) is 0 Å². The summed E-state index contributed by atoms with van der Waals surface area (Å²) in [6, 6.07) is 76.4. The van der Waals surface area contributed by atoms with Gasteiger partial charge in [0.1, 0.15) is 0 Å². The average Bonchev–Trinajstić information content (AvgIpc) is 3.73. The van der Waals surface area contributed by atoms with Crippen LogP contribution in [0.25, 0.3) is 82.1 Å². The molecule has 278 valence electrons. The van der Waals surface area contributed by atoms with E-state index in [1.54, 1.807) is 0 Å². The van der Waals surface area contributed by atoms with Gasteiger partial charge in [0, 0.05) is 38.8 Å². The minimum absolute atomic E-state index is 0.132. The predicted molar refractivity (Wildman–Crippen MR) is 251 cm³/mol. The minimum Gasteiger partial charge on any atom is -0.310 e. The van der Waals surface area contributed by atoms with Gasteiger partial charge in [0.15, 0.2) is 0 Å². The maximum absolute atomic E-state index is 2.51. The topological polar surface area (TPSA) is 8.17 Å². The first-order valence-corrected chi connectivity index (χ1v) is 20.6. The molecule has 12 rings (SSSR count). The van der Waals surface area contributed by atoms with Gasteiger partial charge < -0.3 is 9.47 Å². The van der Waals surface area contributed by atoms with Gasteiger partial charge in [-0.2, -0.15) is 0 Å². The molecule has 1 aliphatic rings. The summed E-state index contributed by atoms with van der Waals surface area (Å²) in [6.45, 7) is 4.75. The van der Waals surface area contributed by atoms with Crippen molar-refractivity contribution in [2.24, 2.45) is 0 Å². The lowest BCUT2D eigenvalue weighted by atomic mass is 9.82. The first-order valence-electron chi connectivity index (χ1n) is 20.6. The van der Waals surface area contributed by atoms with E-state index in [-0.39, 0.29) is 5.41 Å². The van der Waals surface area contributed by atoms with Crippen LogP contribution >= 0.6 is 0 Å². The Morgan fingerprint density at radius 2 is 0.983 bits per heavy atom. The molecule has 0 unspecified atom stereocenters. The van der Waals surface area contributed by atoms with Crippen molar-refractivity contribution in [1.29, 1.82) is 0 Å². The maximum atomic E-state index is 2.51. The molecule has 0 atom stereocenters. The molecule has 1 aliphatic carbocycles. The lowest BCUT2D eigenvalue weighted by Gasteiger charge is -2.30. The third-order valence-electron chi connectivity index (χ3n) is 12.9. The first kappa shape index (κ1) is 33.7. The first-order chi connectivity index (χ1) is 29.0. The Kier molecular flexibility index (Phi) is 7.31. The second-order valence-corrected chi connectivity index (χ2v) is 16.6. The quantitative estimate of drug-likeness (QED) is 0.170. The molecule has 59 heavy (non-hydrogen) atoms. The summed E-state index contributed by atoms with van der Waals surface area (Å²) in [5.74, 6) is 0. The monoisotopic (exact) mass is 752 g/mol. The number of hydrogen-bond acceptors (Lipinski definition) is 1. The molecule has 2 nitrogen and oxygen atoms in total. The molecule has 0 fully saturated rings. The van der Waals surface area contributed by atoms with E-state index in [1.807, 2.05) is 0 Å². The Morgan fingerprint density at radius 3 is 1.80 bits per heavy atom. The van der Waals surface area contributed by atoms with Crippen molar-refractivity contribution in [3.63, 3.8) is 0 Å². The lowest BCUT2D eigenvalue weighted by molar-refractivity contribution is 0.661. The van der Waals surface area contributed by atoms with Crippen LogP contribution in [0, 0.1) is 0 Å². The van der Waals surface area contributed by atoms with Gasteiger partial charge >= 0.3 is 0 Å². The number of para-hydroxylation sites is 2. The highest BCUT2D eigenvalue weighted by atomic mass is 15.1. The number of anilines is 3. The van der Waals surface area contributed by atoms with E-state index < -0.39 is 0 Å². The van der Waals surface area contributed by atoms with Crippen molar-refractivity contribution < 1.29 is 0 Å². The van der Waals surface area contributed by atoms with Crippen LogP contribution in [0.4, 0.5) is 17.1 Å². The summed E-state index contributed by atoms with van der Waals surface area (Å²) >= 11 is 0. The third kappa shape index (κ3) is 5.13. The number of rotatable bonds is 5. The largest absolute Gasteiger partial charge is 0.310 e. The van der Waals surface area contributed by atoms with Crippen molar-refractivity contribution in [2.75, 3.05) is 4.90 Å². The fraction of sp³-hybridized carbons (Fsp3) is 0.0526. The van der Waals surface area contributed by atoms with E-state index in [1.165, 1.54) is 87.5 Å². The van der Waals surface area contributed by atoms with E-state index in [0.29, 0.717) is 0 Å². The summed E-state index contributed by atoms with van der Waals surface area (Å²) in [5.41, 5.74) is 14.5. The van der Waals surface area contributed by atoms with E-state index >= 15 is 0 Å². The van der Waals surface area contributed by atoms with Gasteiger partial charge in [0.25, 0.3) is 0 Å². The predicted octanol–water partition coefficient (Wildman–Crippen LogP) is 15.7. The molecule has 2 heteroatoms. The van der Waals surface area contributed by atoms with Crippen LogP contribution < -0.4 is 4.90 Å². The van der Waals surface area contributed by atoms with E-state index in [4.69, 9.17) is 0 Å². The van der Waals surface area contributed by atoms with Crippen LogP contribution in [0.5, 0.6) is 0 Å². The van der Waals surface area contributed by atoms with Crippen molar-refractivity contribution in [2.45, 2.75) is 19.3 Å². The van der Waals surface area contributed by atoms with E-state index in [0.717, 1.165) is 22.7 Å². The fourth-order valence-electron chi connectivity index (χ4n) is 10.0. The van der Waals surface area contributed by atoms with Gasteiger partial charge in [-0.05, 0) is 127 Å². The van der Waals surface area contributed by atoms with Gasteiger partial charge in [-0.15, -0.1) is 0 Å². The molecule has 0 amide bonds. The van der Waals surface area contributed by atoms with Gasteiger partial charge in [0.2, 0.25) is 0 Å². The maximum Gasteiger partial charge on any atom is 0.0561 e. The van der Waals surface area contributed by atoms with E-state index in [2.05, 4.69) is 230 Å². The third-order valence-corrected chi connectivity index (χ3v) is 12.9. The Hall–Kier alpha value is -7.42. The summed E-state index contributed by atoms with van der Waals surface area (Å²) in [4.78, 5) is 2.51. The number of aromatic nitrogens is 1. The fourth-order valence-corrected chi connectivity index (χ4v) is 10.0. The Morgan fingerprint density at radius 1 is 0.390 bits per heavy atom. The summed E-state index contributed by atoms with van der Waals surface area (Å²) in [6.07, 6.45) is 0. The zero-order valence-electron chi connectivity index (χ0n) is 33.0. The molecule has 0 radical (unpaired) electrons. The summed E-state index contributed by atoms with van der Waals surface area (Å²) in [5, 5.41) is 9.94. The molecule has 0 saturated carbocycles. The molecular formula is C57H40N2. The van der Waals surface area contributed by atoms with Crippen molar-refractivity contribution >= 4 is 71.2 Å². The van der Waals surface area contributed by atoms with Crippen LogP contribution in [0.2, 0.25) is 0 Å². The van der Waals surface area contributed by atoms with Gasteiger partial charge in [-0.3, -0.25) is 0 Å². The normalized spacial score (nSPS) is 13.1. The molecule has 10 aromatic carbocycles. The number of nitrogens with zero attached hydrogens (tertiary/aromatic N) is 2. The standard InChI is InChI=1S/C57H40N2/c1-57(2)51-30-28-44(35-50(51)49-33-40-17-8-9-18-41(40)34-52(49)57)58(45-27-29-48-47-22-12-13-23-53(47)59(55(48)36-45)43-19-4-3-5-20-43)54-31-26-38-15-10-11-21-46(38)56(54)42-25-24-37-14-6-7-16-39(37)32-42/h3-36H,1-2H3. The number of hydrogen-bond donors (Lipinski definition) is 0. The smallest absolute Gasteiger partial charge is 0.0561 e. The van der Waals surface area contributed by atoms with E-state index in [9.17, 15) is 0 Å². The zero-order chi connectivity index (χ0) is 39.2. The summed E-state index contributed by atoms with van der Waals surface area (Å²) in [7, 11) is 0. The van der Waals surface area contributed by atoms with Crippen LogP contribution in [0.15, 0.2) is 206 Å².